The van der Waals surface area contributed by atoms with E-state index >= 15 is 0 Å². The molecule has 2 amide bonds. The number of amides is 2. The zero-order valence-corrected chi connectivity index (χ0v) is 11.3. The van der Waals surface area contributed by atoms with Crippen LogP contribution in [0.3, 0.4) is 0 Å². The first kappa shape index (κ1) is 12.8. The first-order chi connectivity index (χ1) is 9.10. The third kappa shape index (κ3) is 2.33. The molecule has 4 nitrogen and oxygen atoms in total. The molecule has 1 saturated heterocycles. The van der Waals surface area contributed by atoms with Crippen LogP contribution in [0, 0.1) is 5.41 Å². The number of rotatable bonds is 1. The van der Waals surface area contributed by atoms with Crippen LogP contribution in [-0.2, 0) is 14.4 Å². The van der Waals surface area contributed by atoms with Crippen molar-refractivity contribution >= 4 is 17.6 Å². The summed E-state index contributed by atoms with van der Waals surface area (Å²) in [6.45, 7) is 0. The lowest BCUT2D eigenvalue weighted by Crippen LogP contribution is -2.52. The first-order valence-electron chi connectivity index (χ1n) is 7.46. The molecule has 0 atom stereocenters. The highest BCUT2D eigenvalue weighted by Gasteiger charge is 2.47. The van der Waals surface area contributed by atoms with E-state index in [2.05, 4.69) is 0 Å². The first-order valence-corrected chi connectivity index (χ1v) is 7.46. The summed E-state index contributed by atoms with van der Waals surface area (Å²) >= 11 is 0. The molecule has 0 N–H and O–H groups in total. The number of nitrogens with zero attached hydrogens (tertiary/aromatic N) is 1. The van der Waals surface area contributed by atoms with Crippen molar-refractivity contribution in [2.24, 2.45) is 5.41 Å². The van der Waals surface area contributed by atoms with E-state index < -0.39 is 0 Å². The number of hydrogen-bond donors (Lipinski definition) is 0. The third-order valence-corrected chi connectivity index (χ3v) is 5.13. The molecule has 1 heterocycles. The highest BCUT2D eigenvalue weighted by Crippen LogP contribution is 2.47. The second-order valence-electron chi connectivity index (χ2n) is 6.49. The van der Waals surface area contributed by atoms with Gasteiger partial charge in [-0.3, -0.25) is 19.3 Å². The van der Waals surface area contributed by atoms with Crippen LogP contribution in [-0.4, -0.2) is 28.5 Å². The Balaban J connectivity index is 1.72. The van der Waals surface area contributed by atoms with Gasteiger partial charge in [-0.2, -0.15) is 0 Å². The van der Waals surface area contributed by atoms with Crippen molar-refractivity contribution < 1.29 is 14.4 Å². The minimum atomic E-state index is -0.0187. The lowest BCUT2D eigenvalue weighted by molar-refractivity contribution is -0.157. The normalized spacial score (nSPS) is 28.4. The molecule has 0 aromatic carbocycles. The molecule has 4 heteroatoms. The van der Waals surface area contributed by atoms with Gasteiger partial charge in [-0.1, -0.05) is 12.8 Å². The number of ketones is 1. The summed E-state index contributed by atoms with van der Waals surface area (Å²) in [5.41, 5.74) is -0.0187. The molecule has 0 bridgehead atoms. The van der Waals surface area contributed by atoms with Crippen LogP contribution in [0.1, 0.15) is 64.2 Å². The minimum absolute atomic E-state index is 0.0116. The van der Waals surface area contributed by atoms with Crippen LogP contribution in [0.4, 0.5) is 0 Å². The van der Waals surface area contributed by atoms with Crippen LogP contribution in [0.5, 0.6) is 0 Å². The molecular formula is C15H21NO3. The standard InChI is InChI=1S/C15H21NO3/c17-12-5-3-11(4-6-12)16-13(18)9-15(10-14(16)19)7-1-2-8-15/h11H,1-10H2. The summed E-state index contributed by atoms with van der Waals surface area (Å²) in [6, 6.07) is -0.0172. The number of piperidine rings is 1. The zero-order chi connectivity index (χ0) is 13.5. The van der Waals surface area contributed by atoms with Crippen LogP contribution in [0.25, 0.3) is 0 Å². The minimum Gasteiger partial charge on any atom is -0.300 e. The number of carbonyl (C=O) groups is 3. The van der Waals surface area contributed by atoms with Gasteiger partial charge in [0.1, 0.15) is 5.78 Å². The Morgan fingerprint density at radius 3 is 1.95 bits per heavy atom. The number of Topliss-reactive ketones (excluding diaryl/α,β-unsaturated/α-hetero) is 1. The Labute approximate surface area is 113 Å². The molecule has 104 valence electrons. The maximum absolute atomic E-state index is 12.4. The van der Waals surface area contributed by atoms with Crippen molar-refractivity contribution in [1.29, 1.82) is 0 Å². The fourth-order valence-corrected chi connectivity index (χ4v) is 4.08. The summed E-state index contributed by atoms with van der Waals surface area (Å²) in [6.07, 6.45) is 7.83. The SMILES string of the molecule is O=C1CCC(N2C(=O)CC3(CCCC3)CC2=O)CC1. The number of imide groups is 1. The molecule has 3 aliphatic rings. The summed E-state index contributed by atoms with van der Waals surface area (Å²) in [4.78, 5) is 37.5. The van der Waals surface area contributed by atoms with Crippen molar-refractivity contribution in [3.8, 4) is 0 Å². The topological polar surface area (TPSA) is 54.5 Å². The van der Waals surface area contributed by atoms with Crippen LogP contribution in [0.2, 0.25) is 0 Å². The van der Waals surface area contributed by atoms with E-state index in [-0.39, 0.29) is 29.1 Å². The third-order valence-electron chi connectivity index (χ3n) is 5.13. The molecule has 3 fully saturated rings. The Bertz CT molecular complexity index is 393. The Kier molecular flexibility index (Phi) is 3.19. The Hall–Kier alpha value is -1.19. The lowest BCUT2D eigenvalue weighted by Gasteiger charge is -2.41. The molecule has 2 saturated carbocycles. The van der Waals surface area contributed by atoms with Gasteiger partial charge in [0.15, 0.2) is 0 Å². The fourth-order valence-electron chi connectivity index (χ4n) is 4.08. The van der Waals surface area contributed by atoms with Crippen molar-refractivity contribution in [3.05, 3.63) is 0 Å². The van der Waals surface area contributed by atoms with Gasteiger partial charge in [-0.15, -0.1) is 0 Å². The van der Waals surface area contributed by atoms with Crippen LogP contribution >= 0.6 is 0 Å². The van der Waals surface area contributed by atoms with E-state index in [1.54, 1.807) is 0 Å². The Morgan fingerprint density at radius 1 is 0.895 bits per heavy atom. The van der Waals surface area contributed by atoms with Gasteiger partial charge >= 0.3 is 0 Å². The van der Waals surface area contributed by atoms with E-state index in [1.807, 2.05) is 0 Å². The summed E-state index contributed by atoms with van der Waals surface area (Å²) in [5, 5.41) is 0. The molecule has 1 aliphatic heterocycles. The number of hydrogen-bond acceptors (Lipinski definition) is 3. The second-order valence-corrected chi connectivity index (χ2v) is 6.49. The predicted molar refractivity (Wildman–Crippen MR) is 69.3 cm³/mol. The molecular weight excluding hydrogens is 242 g/mol. The number of likely N-dealkylation sites (tertiary alicyclic amines) is 1. The van der Waals surface area contributed by atoms with Gasteiger partial charge in [0, 0.05) is 31.7 Å². The average molecular weight is 263 g/mol. The molecule has 2 aliphatic carbocycles. The van der Waals surface area contributed by atoms with Crippen molar-refractivity contribution in [2.75, 3.05) is 0 Å². The summed E-state index contributed by atoms with van der Waals surface area (Å²) in [7, 11) is 0. The van der Waals surface area contributed by atoms with E-state index in [1.165, 1.54) is 4.90 Å². The Morgan fingerprint density at radius 2 is 1.42 bits per heavy atom. The zero-order valence-electron chi connectivity index (χ0n) is 11.3. The smallest absolute Gasteiger partial charge is 0.229 e. The predicted octanol–water partition coefficient (Wildman–Crippen LogP) is 2.21. The monoisotopic (exact) mass is 263 g/mol. The fraction of sp³-hybridized carbons (Fsp3) is 0.800. The van der Waals surface area contributed by atoms with Gasteiger partial charge < -0.3 is 0 Å². The van der Waals surface area contributed by atoms with Crippen LogP contribution < -0.4 is 0 Å². The molecule has 1 spiro atoms. The maximum atomic E-state index is 12.4. The highest BCUT2D eigenvalue weighted by molar-refractivity contribution is 5.99. The second kappa shape index (κ2) is 4.73. The van der Waals surface area contributed by atoms with Crippen molar-refractivity contribution in [1.82, 2.24) is 4.90 Å². The van der Waals surface area contributed by atoms with E-state index in [9.17, 15) is 14.4 Å². The molecule has 0 aromatic heterocycles. The summed E-state index contributed by atoms with van der Waals surface area (Å²) in [5.74, 6) is 0.287. The van der Waals surface area contributed by atoms with Crippen LogP contribution in [0.15, 0.2) is 0 Å². The molecule has 0 unspecified atom stereocenters. The van der Waals surface area contributed by atoms with E-state index in [0.717, 1.165) is 25.7 Å². The highest BCUT2D eigenvalue weighted by atomic mass is 16.2. The van der Waals surface area contributed by atoms with Gasteiger partial charge in [0.25, 0.3) is 0 Å². The average Bonchev–Trinajstić information content (AvgIpc) is 2.78. The molecule has 0 aromatic rings. The van der Waals surface area contributed by atoms with Gasteiger partial charge in [-0.05, 0) is 31.1 Å². The van der Waals surface area contributed by atoms with Gasteiger partial charge in [0.05, 0.1) is 0 Å². The van der Waals surface area contributed by atoms with E-state index in [0.29, 0.717) is 38.5 Å². The van der Waals surface area contributed by atoms with E-state index in [4.69, 9.17) is 0 Å². The quantitative estimate of drug-likeness (QED) is 0.681. The van der Waals surface area contributed by atoms with Gasteiger partial charge in [0.2, 0.25) is 11.8 Å². The van der Waals surface area contributed by atoms with Crippen molar-refractivity contribution in [2.45, 2.75) is 70.3 Å². The number of carbonyl (C=O) groups excluding carboxylic acids is 3. The summed E-state index contributed by atoms with van der Waals surface area (Å²) < 4.78 is 0. The maximum Gasteiger partial charge on any atom is 0.229 e. The molecule has 3 rings (SSSR count). The lowest BCUT2D eigenvalue weighted by atomic mass is 9.75. The molecule has 0 radical (unpaired) electrons. The van der Waals surface area contributed by atoms with Crippen molar-refractivity contribution in [3.63, 3.8) is 0 Å². The molecule has 19 heavy (non-hydrogen) atoms. The largest absolute Gasteiger partial charge is 0.300 e. The van der Waals surface area contributed by atoms with Gasteiger partial charge in [-0.25, -0.2) is 0 Å².